The Kier molecular flexibility index (Phi) is 6.83. The number of aromatic nitrogens is 1. The summed E-state index contributed by atoms with van der Waals surface area (Å²) in [5, 5.41) is 23.7. The van der Waals surface area contributed by atoms with Gasteiger partial charge < -0.3 is 15.3 Å². The molecule has 154 valence electrons. The molecule has 0 unspecified atom stereocenters. The fourth-order valence-corrected chi connectivity index (χ4v) is 5.50. The Morgan fingerprint density at radius 2 is 1.93 bits per heavy atom. The summed E-state index contributed by atoms with van der Waals surface area (Å²) in [7, 11) is 0. The summed E-state index contributed by atoms with van der Waals surface area (Å²) in [5.41, 5.74) is -0.213. The number of halogens is 2. The first-order chi connectivity index (χ1) is 13.8. The summed E-state index contributed by atoms with van der Waals surface area (Å²) in [6, 6.07) is 1.02. The summed E-state index contributed by atoms with van der Waals surface area (Å²) >= 11 is 14.1. The third-order valence-corrected chi connectivity index (χ3v) is 7.46. The molecule has 3 heterocycles. The topological polar surface area (TPSA) is 126 Å². The lowest BCUT2D eigenvalue weighted by Crippen LogP contribution is -2.46. The van der Waals surface area contributed by atoms with E-state index in [1.807, 2.05) is 0 Å². The van der Waals surface area contributed by atoms with Gasteiger partial charge in [-0.15, -0.1) is 11.3 Å². The molecule has 2 aromatic heterocycles. The maximum Gasteiger partial charge on any atom is 0.407 e. The number of likely N-dealkylation sites (tertiary alicyclic amines) is 1. The monoisotopic (exact) mass is 476 g/mol. The van der Waals surface area contributed by atoms with Crippen LogP contribution in [0, 0.1) is 10.1 Å². The van der Waals surface area contributed by atoms with Crippen molar-refractivity contribution in [2.45, 2.75) is 28.0 Å². The Bertz CT molecular complexity index is 943. The lowest BCUT2D eigenvalue weighted by molar-refractivity contribution is -0.387. The molecule has 0 radical (unpaired) electrons. The molecule has 3 rings (SSSR count). The van der Waals surface area contributed by atoms with E-state index in [4.69, 9.17) is 28.3 Å². The van der Waals surface area contributed by atoms with Gasteiger partial charge in [0.2, 0.25) is 0 Å². The molecule has 1 saturated heterocycles. The van der Waals surface area contributed by atoms with Gasteiger partial charge in [0.15, 0.2) is 0 Å². The minimum atomic E-state index is -0.987. The highest BCUT2D eigenvalue weighted by Gasteiger charge is 2.28. The van der Waals surface area contributed by atoms with Crippen molar-refractivity contribution in [2.24, 2.45) is 0 Å². The fraction of sp³-hybridized carbons (Fsp3) is 0.312. The van der Waals surface area contributed by atoms with E-state index in [0.29, 0.717) is 30.8 Å². The highest BCUT2D eigenvalue weighted by atomic mass is 35.5. The van der Waals surface area contributed by atoms with Crippen LogP contribution in [0.5, 0.6) is 0 Å². The van der Waals surface area contributed by atoms with Gasteiger partial charge in [0, 0.05) is 37.6 Å². The highest BCUT2D eigenvalue weighted by Crippen LogP contribution is 2.45. The Morgan fingerprint density at radius 3 is 2.48 bits per heavy atom. The Hall–Kier alpha value is -2.08. The standard InChI is InChI=1S/C16H14Cl2N4O5S2/c17-9-6-19-7-10(18)13(9)29-15-11(22(26)27)5-12(28-15)14(23)20-8-1-3-21(4-2-8)16(24)25/h5-8H,1-4H2,(H,20,23)(H,24,25). The molecule has 2 amide bonds. The number of rotatable bonds is 5. The van der Waals surface area contributed by atoms with Crippen LogP contribution < -0.4 is 5.32 Å². The van der Waals surface area contributed by atoms with Crippen LogP contribution in [0.15, 0.2) is 27.6 Å². The number of nitro groups is 1. The van der Waals surface area contributed by atoms with E-state index in [0.717, 1.165) is 23.1 Å². The van der Waals surface area contributed by atoms with Crippen LogP contribution in [0.25, 0.3) is 0 Å². The van der Waals surface area contributed by atoms with E-state index in [-0.39, 0.29) is 30.9 Å². The zero-order valence-corrected chi connectivity index (χ0v) is 17.8. The molecule has 0 atom stereocenters. The summed E-state index contributed by atoms with van der Waals surface area (Å²) in [4.78, 5) is 40.1. The molecule has 9 nitrogen and oxygen atoms in total. The van der Waals surface area contributed by atoms with Gasteiger partial charge in [0.25, 0.3) is 11.6 Å². The van der Waals surface area contributed by atoms with E-state index in [2.05, 4.69) is 10.3 Å². The molecule has 13 heteroatoms. The third kappa shape index (κ3) is 5.10. The first kappa shape index (κ1) is 21.6. The van der Waals surface area contributed by atoms with Crippen molar-refractivity contribution in [1.82, 2.24) is 15.2 Å². The average Bonchev–Trinajstić information content (AvgIpc) is 3.10. The molecule has 2 N–H and O–H groups in total. The second-order valence-corrected chi connectivity index (χ2v) is 9.24. The van der Waals surface area contributed by atoms with Gasteiger partial charge in [-0.1, -0.05) is 35.0 Å². The molecule has 2 aromatic rings. The summed E-state index contributed by atoms with van der Waals surface area (Å²) in [6.45, 7) is 0.649. The maximum absolute atomic E-state index is 12.6. The van der Waals surface area contributed by atoms with Crippen LogP contribution in [-0.4, -0.2) is 51.0 Å². The van der Waals surface area contributed by atoms with Crippen molar-refractivity contribution in [3.05, 3.63) is 43.5 Å². The van der Waals surface area contributed by atoms with Crippen molar-refractivity contribution < 1.29 is 19.6 Å². The van der Waals surface area contributed by atoms with E-state index < -0.39 is 16.9 Å². The Labute approximate surface area is 183 Å². The number of amides is 2. The van der Waals surface area contributed by atoms with Crippen molar-refractivity contribution >= 4 is 64.0 Å². The van der Waals surface area contributed by atoms with Gasteiger partial charge in [-0.25, -0.2) is 4.79 Å². The normalized spacial score (nSPS) is 14.6. The van der Waals surface area contributed by atoms with Gasteiger partial charge in [0.05, 0.1) is 19.9 Å². The van der Waals surface area contributed by atoms with E-state index in [1.54, 1.807) is 0 Å². The average molecular weight is 477 g/mol. The van der Waals surface area contributed by atoms with E-state index in [1.165, 1.54) is 23.4 Å². The van der Waals surface area contributed by atoms with Gasteiger partial charge >= 0.3 is 6.09 Å². The Balaban J connectivity index is 1.75. The molecule has 0 aliphatic carbocycles. The minimum Gasteiger partial charge on any atom is -0.465 e. The maximum atomic E-state index is 12.6. The van der Waals surface area contributed by atoms with Crippen molar-refractivity contribution in [1.29, 1.82) is 0 Å². The number of carbonyl (C=O) groups is 2. The molecular formula is C16H14Cl2N4O5S2. The van der Waals surface area contributed by atoms with Gasteiger partial charge in [0.1, 0.15) is 9.09 Å². The predicted molar refractivity (Wildman–Crippen MR) is 109 cm³/mol. The SMILES string of the molecule is O=C(NC1CCN(C(=O)O)CC1)c1cc([N+](=O)[O-])c(Sc2c(Cl)cncc2Cl)s1. The first-order valence-corrected chi connectivity index (χ1v) is 10.7. The molecular weight excluding hydrogens is 463 g/mol. The van der Waals surface area contributed by atoms with Gasteiger partial charge in [-0.2, -0.15) is 0 Å². The largest absolute Gasteiger partial charge is 0.465 e. The van der Waals surface area contributed by atoms with Crippen LogP contribution in [-0.2, 0) is 0 Å². The van der Waals surface area contributed by atoms with Gasteiger partial charge in [-0.3, -0.25) is 19.9 Å². The minimum absolute atomic E-state index is 0.182. The van der Waals surface area contributed by atoms with Crippen LogP contribution in [0.3, 0.4) is 0 Å². The van der Waals surface area contributed by atoms with Crippen LogP contribution >= 0.6 is 46.3 Å². The molecule has 1 aliphatic heterocycles. The third-order valence-electron chi connectivity index (χ3n) is 4.21. The number of hydrogen-bond acceptors (Lipinski definition) is 7. The summed E-state index contributed by atoms with van der Waals surface area (Å²) in [5.74, 6) is -0.439. The van der Waals surface area contributed by atoms with Crippen LogP contribution in [0.4, 0.5) is 10.5 Å². The quantitative estimate of drug-likeness (QED) is 0.484. The highest BCUT2D eigenvalue weighted by molar-refractivity contribution is 8.01. The number of carboxylic acid groups (broad SMARTS) is 1. The van der Waals surface area contributed by atoms with Crippen molar-refractivity contribution in [3.8, 4) is 0 Å². The smallest absolute Gasteiger partial charge is 0.407 e. The van der Waals surface area contributed by atoms with Crippen molar-refractivity contribution in [3.63, 3.8) is 0 Å². The molecule has 1 aliphatic rings. The number of hydrogen-bond donors (Lipinski definition) is 2. The molecule has 0 saturated carbocycles. The van der Waals surface area contributed by atoms with E-state index >= 15 is 0 Å². The lowest BCUT2D eigenvalue weighted by atomic mass is 10.1. The fourth-order valence-electron chi connectivity index (χ4n) is 2.74. The van der Waals surface area contributed by atoms with Crippen molar-refractivity contribution in [2.75, 3.05) is 13.1 Å². The number of piperidine rings is 1. The van der Waals surface area contributed by atoms with Gasteiger partial charge in [-0.05, 0) is 12.8 Å². The second-order valence-electron chi connectivity index (χ2n) is 6.09. The molecule has 0 spiro atoms. The zero-order chi connectivity index (χ0) is 21.1. The van der Waals surface area contributed by atoms with Crippen LogP contribution in [0.2, 0.25) is 10.0 Å². The number of nitrogens with zero attached hydrogens (tertiary/aromatic N) is 3. The lowest BCUT2D eigenvalue weighted by Gasteiger charge is -2.30. The molecule has 0 bridgehead atoms. The zero-order valence-electron chi connectivity index (χ0n) is 14.6. The second kappa shape index (κ2) is 9.16. The molecule has 1 fully saturated rings. The summed E-state index contributed by atoms with van der Waals surface area (Å²) in [6.07, 6.45) is 2.74. The first-order valence-electron chi connectivity index (χ1n) is 8.30. The molecule has 0 aromatic carbocycles. The molecule has 29 heavy (non-hydrogen) atoms. The number of thiophene rings is 1. The Morgan fingerprint density at radius 1 is 1.31 bits per heavy atom. The number of pyridine rings is 1. The predicted octanol–water partition coefficient (Wildman–Crippen LogP) is 4.38. The van der Waals surface area contributed by atoms with E-state index in [9.17, 15) is 19.7 Å². The number of nitrogens with one attached hydrogen (secondary N) is 1. The van der Waals surface area contributed by atoms with Crippen LogP contribution in [0.1, 0.15) is 22.5 Å². The summed E-state index contributed by atoms with van der Waals surface area (Å²) < 4.78 is 0.274. The number of carbonyl (C=O) groups excluding carboxylic acids is 1.